The maximum Gasteiger partial charge on any atom is 0.133 e. The van der Waals surface area contributed by atoms with Crippen molar-refractivity contribution in [1.29, 1.82) is 0 Å². The van der Waals surface area contributed by atoms with Gasteiger partial charge in [0.2, 0.25) is 0 Å². The van der Waals surface area contributed by atoms with Crippen LogP contribution in [0.3, 0.4) is 0 Å². The van der Waals surface area contributed by atoms with Crippen LogP contribution in [0.1, 0.15) is 24.3 Å². The van der Waals surface area contributed by atoms with Crippen molar-refractivity contribution in [3.8, 4) is 0 Å². The van der Waals surface area contributed by atoms with Gasteiger partial charge in [-0.25, -0.2) is 0 Å². The Morgan fingerprint density at radius 1 is 1.50 bits per heavy atom. The van der Waals surface area contributed by atoms with Crippen LogP contribution in [-0.4, -0.2) is 48.6 Å². The van der Waals surface area contributed by atoms with E-state index < -0.39 is 0 Å². The third-order valence-electron chi connectivity index (χ3n) is 4.00. The van der Waals surface area contributed by atoms with Crippen molar-refractivity contribution in [1.82, 2.24) is 10.1 Å². The Balaban J connectivity index is 1.69. The molecule has 1 saturated heterocycles. The van der Waals surface area contributed by atoms with Gasteiger partial charge in [-0.3, -0.25) is 4.90 Å². The molecule has 0 unspecified atom stereocenters. The largest absolute Gasteiger partial charge is 0.379 e. The normalized spacial score (nSPS) is 32.7. The molecule has 2 heterocycles. The van der Waals surface area contributed by atoms with E-state index in [0.29, 0.717) is 6.04 Å². The van der Waals surface area contributed by atoms with Gasteiger partial charge in [-0.2, -0.15) is 0 Å². The minimum absolute atomic E-state index is 0.219. The van der Waals surface area contributed by atoms with Crippen LogP contribution in [0.5, 0.6) is 0 Å². The molecule has 1 saturated carbocycles. The Hall–Kier alpha value is -0.910. The van der Waals surface area contributed by atoms with E-state index in [0.717, 1.165) is 44.0 Å². The molecule has 1 aliphatic heterocycles. The fourth-order valence-electron chi connectivity index (χ4n) is 3.14. The third-order valence-corrected chi connectivity index (χ3v) is 4.00. The molecular weight excluding hydrogens is 232 g/mol. The molecule has 0 radical (unpaired) electrons. The first-order valence-electron chi connectivity index (χ1n) is 6.58. The summed E-state index contributed by atoms with van der Waals surface area (Å²) >= 11 is 0. The first-order chi connectivity index (χ1) is 8.78. The number of hydrogen-bond acceptors (Lipinski definition) is 5. The first kappa shape index (κ1) is 12.1. The van der Waals surface area contributed by atoms with Crippen molar-refractivity contribution >= 4 is 0 Å². The second-order valence-corrected chi connectivity index (χ2v) is 5.15. The Kier molecular flexibility index (Phi) is 3.37. The van der Waals surface area contributed by atoms with Crippen LogP contribution in [0, 0.1) is 6.92 Å². The third kappa shape index (κ3) is 2.18. The number of methoxy groups -OCH3 is 1. The van der Waals surface area contributed by atoms with Gasteiger partial charge in [0.15, 0.2) is 0 Å². The van der Waals surface area contributed by atoms with Crippen LogP contribution in [0.15, 0.2) is 10.6 Å². The van der Waals surface area contributed by atoms with Gasteiger partial charge in [0.05, 0.1) is 24.5 Å². The lowest BCUT2D eigenvalue weighted by molar-refractivity contribution is -0.107. The minimum atomic E-state index is 0.219. The standard InChI is InChI=1S/C13H20N2O3/c1-9-7-10(14-18-9)8-15-5-6-17-13-11(15)3-4-12(13)16-2/h7,11-13H,3-6,8H2,1-2H3/t11-,12+,13+/m1/s1. The van der Waals surface area contributed by atoms with Gasteiger partial charge in [-0.05, 0) is 19.8 Å². The maximum absolute atomic E-state index is 5.87. The zero-order valence-electron chi connectivity index (χ0n) is 11.0. The molecule has 100 valence electrons. The molecule has 1 aliphatic carbocycles. The smallest absolute Gasteiger partial charge is 0.133 e. The highest BCUT2D eigenvalue weighted by Gasteiger charge is 2.42. The quantitative estimate of drug-likeness (QED) is 0.813. The summed E-state index contributed by atoms with van der Waals surface area (Å²) in [7, 11) is 1.77. The van der Waals surface area contributed by atoms with E-state index >= 15 is 0 Å². The molecule has 18 heavy (non-hydrogen) atoms. The summed E-state index contributed by atoms with van der Waals surface area (Å²) in [5.41, 5.74) is 1.01. The van der Waals surface area contributed by atoms with Crippen LogP contribution in [0.25, 0.3) is 0 Å². The lowest BCUT2D eigenvalue weighted by Gasteiger charge is -2.38. The van der Waals surface area contributed by atoms with Crippen molar-refractivity contribution in [2.45, 2.75) is 44.6 Å². The fraction of sp³-hybridized carbons (Fsp3) is 0.769. The zero-order chi connectivity index (χ0) is 12.5. The fourth-order valence-corrected chi connectivity index (χ4v) is 3.14. The van der Waals surface area contributed by atoms with Gasteiger partial charge in [0.1, 0.15) is 5.76 Å². The number of fused-ring (bicyclic) bond motifs is 1. The number of hydrogen-bond donors (Lipinski definition) is 0. The first-order valence-corrected chi connectivity index (χ1v) is 6.58. The molecule has 5 heteroatoms. The average Bonchev–Trinajstić information content (AvgIpc) is 2.96. The Labute approximate surface area is 107 Å². The molecule has 3 atom stereocenters. The Bertz CT molecular complexity index is 407. The molecule has 0 amide bonds. The molecule has 1 aromatic rings. The minimum Gasteiger partial charge on any atom is -0.379 e. The van der Waals surface area contributed by atoms with E-state index in [9.17, 15) is 0 Å². The summed E-state index contributed by atoms with van der Waals surface area (Å²) in [6.45, 7) is 4.51. The van der Waals surface area contributed by atoms with Gasteiger partial charge in [-0.15, -0.1) is 0 Å². The van der Waals surface area contributed by atoms with E-state index in [4.69, 9.17) is 14.0 Å². The summed E-state index contributed by atoms with van der Waals surface area (Å²) < 4.78 is 16.5. The molecule has 2 fully saturated rings. The highest BCUT2D eigenvalue weighted by molar-refractivity contribution is 5.05. The van der Waals surface area contributed by atoms with Crippen molar-refractivity contribution < 1.29 is 14.0 Å². The van der Waals surface area contributed by atoms with Crippen LogP contribution in [0.4, 0.5) is 0 Å². The summed E-state index contributed by atoms with van der Waals surface area (Å²) in [6.07, 6.45) is 2.69. The number of aryl methyl sites for hydroxylation is 1. The summed E-state index contributed by atoms with van der Waals surface area (Å²) in [6, 6.07) is 2.47. The van der Waals surface area contributed by atoms with Gasteiger partial charge in [0.25, 0.3) is 0 Å². The summed E-state index contributed by atoms with van der Waals surface area (Å²) in [5.74, 6) is 0.871. The van der Waals surface area contributed by atoms with Gasteiger partial charge in [0, 0.05) is 32.3 Å². The molecule has 2 aliphatic rings. The molecule has 0 N–H and O–H groups in total. The predicted octanol–water partition coefficient (Wildman–Crippen LogP) is 1.36. The molecule has 5 nitrogen and oxygen atoms in total. The van der Waals surface area contributed by atoms with Gasteiger partial charge in [-0.1, -0.05) is 5.16 Å². The number of ether oxygens (including phenoxy) is 2. The predicted molar refractivity (Wildman–Crippen MR) is 65.2 cm³/mol. The maximum atomic E-state index is 5.87. The topological polar surface area (TPSA) is 47.7 Å². The van der Waals surface area contributed by atoms with E-state index in [1.165, 1.54) is 0 Å². The van der Waals surface area contributed by atoms with E-state index in [-0.39, 0.29) is 12.2 Å². The second kappa shape index (κ2) is 4.99. The molecular formula is C13H20N2O3. The number of nitrogens with zero attached hydrogens (tertiary/aromatic N) is 2. The van der Waals surface area contributed by atoms with Crippen molar-refractivity contribution in [3.63, 3.8) is 0 Å². The number of rotatable bonds is 3. The molecule has 1 aromatic heterocycles. The molecule has 0 bridgehead atoms. The zero-order valence-corrected chi connectivity index (χ0v) is 11.0. The molecule has 0 aromatic carbocycles. The van der Waals surface area contributed by atoms with Crippen molar-refractivity contribution in [2.24, 2.45) is 0 Å². The number of aromatic nitrogens is 1. The van der Waals surface area contributed by atoms with E-state index in [1.807, 2.05) is 13.0 Å². The molecule has 0 spiro atoms. The summed E-state index contributed by atoms with van der Waals surface area (Å²) in [4.78, 5) is 2.45. The number of morpholine rings is 1. The second-order valence-electron chi connectivity index (χ2n) is 5.15. The van der Waals surface area contributed by atoms with Crippen molar-refractivity contribution in [3.05, 3.63) is 17.5 Å². The monoisotopic (exact) mass is 252 g/mol. The van der Waals surface area contributed by atoms with E-state index in [2.05, 4.69) is 10.1 Å². The highest BCUT2D eigenvalue weighted by Crippen LogP contribution is 2.32. The molecule has 3 rings (SSSR count). The SMILES string of the molecule is CO[C@H]1CC[C@@H]2[C@@H]1OCCN2Cc1cc(C)on1. The van der Waals surface area contributed by atoms with Crippen LogP contribution in [0.2, 0.25) is 0 Å². The lowest BCUT2D eigenvalue weighted by Crippen LogP contribution is -2.51. The van der Waals surface area contributed by atoms with Crippen LogP contribution in [-0.2, 0) is 16.0 Å². The van der Waals surface area contributed by atoms with Crippen molar-refractivity contribution in [2.75, 3.05) is 20.3 Å². The van der Waals surface area contributed by atoms with Crippen LogP contribution >= 0.6 is 0 Å². The summed E-state index contributed by atoms with van der Waals surface area (Å²) in [5, 5.41) is 4.07. The Morgan fingerprint density at radius 3 is 3.11 bits per heavy atom. The lowest BCUT2D eigenvalue weighted by atomic mass is 10.1. The highest BCUT2D eigenvalue weighted by atomic mass is 16.5. The van der Waals surface area contributed by atoms with Gasteiger partial charge >= 0.3 is 0 Å². The van der Waals surface area contributed by atoms with E-state index in [1.54, 1.807) is 7.11 Å². The van der Waals surface area contributed by atoms with Gasteiger partial charge < -0.3 is 14.0 Å². The van der Waals surface area contributed by atoms with Crippen LogP contribution < -0.4 is 0 Å². The Morgan fingerprint density at radius 2 is 2.39 bits per heavy atom. The average molecular weight is 252 g/mol.